The molecular weight excluding hydrogens is 322 g/mol. The maximum absolute atomic E-state index is 12.0. The number of hydrogen-bond donors (Lipinski definition) is 0. The average molecular weight is 343 g/mol. The van der Waals surface area contributed by atoms with Crippen LogP contribution in [0.15, 0.2) is 24.3 Å². The van der Waals surface area contributed by atoms with Crippen LogP contribution >= 0.6 is 0 Å². The molecule has 1 amide bonds. The molecule has 7 nitrogen and oxygen atoms in total. The quantitative estimate of drug-likeness (QED) is 0.816. The number of amides is 1. The highest BCUT2D eigenvalue weighted by atomic mass is 32.2. The van der Waals surface area contributed by atoms with E-state index in [0.717, 1.165) is 9.87 Å². The van der Waals surface area contributed by atoms with Crippen molar-refractivity contribution in [2.24, 2.45) is 0 Å². The Hall–Kier alpha value is -1.48. The van der Waals surface area contributed by atoms with Gasteiger partial charge in [-0.3, -0.25) is 4.18 Å². The standard InChI is InChI=1S/C15H21NO6S/c1-11-6-5-7-12(8-11)21-14(17)16(4)23(18)20-10-13-9-19-15(2,3)22-13/h5-8,13H,9-10H2,1-4H3. The van der Waals surface area contributed by atoms with Gasteiger partial charge in [0.25, 0.3) is 11.3 Å². The van der Waals surface area contributed by atoms with E-state index in [2.05, 4.69) is 0 Å². The van der Waals surface area contributed by atoms with Crippen LogP contribution in [0, 0.1) is 6.92 Å². The summed E-state index contributed by atoms with van der Waals surface area (Å²) >= 11 is -1.97. The molecule has 0 saturated carbocycles. The predicted octanol–water partition coefficient (Wildman–Crippen LogP) is 2.17. The molecule has 1 aliphatic rings. The van der Waals surface area contributed by atoms with Gasteiger partial charge in [-0.15, -0.1) is 0 Å². The normalized spacial score (nSPS) is 21.0. The first kappa shape index (κ1) is 17.9. The zero-order valence-corrected chi connectivity index (χ0v) is 14.4. The molecule has 0 aromatic heterocycles. The van der Waals surface area contributed by atoms with Gasteiger partial charge in [0.1, 0.15) is 11.9 Å². The van der Waals surface area contributed by atoms with Crippen molar-refractivity contribution < 1.29 is 27.4 Å². The molecule has 0 radical (unpaired) electrons. The minimum Gasteiger partial charge on any atom is -0.409 e. The van der Waals surface area contributed by atoms with Gasteiger partial charge in [-0.05, 0) is 38.5 Å². The Bertz CT molecular complexity index is 591. The lowest BCUT2D eigenvalue weighted by molar-refractivity contribution is -0.141. The van der Waals surface area contributed by atoms with Gasteiger partial charge in [0, 0.05) is 7.05 Å². The molecule has 1 fully saturated rings. The molecule has 1 aromatic carbocycles. The highest BCUT2D eigenvalue weighted by Crippen LogP contribution is 2.22. The fraction of sp³-hybridized carbons (Fsp3) is 0.533. The van der Waals surface area contributed by atoms with E-state index in [1.807, 2.05) is 13.0 Å². The van der Waals surface area contributed by atoms with Gasteiger partial charge < -0.3 is 14.2 Å². The van der Waals surface area contributed by atoms with Crippen LogP contribution in [0.1, 0.15) is 19.4 Å². The summed E-state index contributed by atoms with van der Waals surface area (Å²) < 4.78 is 34.1. The van der Waals surface area contributed by atoms with Crippen molar-refractivity contribution in [3.63, 3.8) is 0 Å². The second-order valence-corrected chi connectivity index (χ2v) is 6.85. The third-order valence-electron chi connectivity index (χ3n) is 3.10. The zero-order chi connectivity index (χ0) is 17.0. The first-order chi connectivity index (χ1) is 10.8. The Balaban J connectivity index is 1.81. The molecule has 2 rings (SSSR count). The van der Waals surface area contributed by atoms with Crippen LogP contribution in [0.4, 0.5) is 4.79 Å². The van der Waals surface area contributed by atoms with Crippen molar-refractivity contribution in [3.05, 3.63) is 29.8 Å². The molecule has 1 saturated heterocycles. The van der Waals surface area contributed by atoms with E-state index >= 15 is 0 Å². The van der Waals surface area contributed by atoms with Crippen molar-refractivity contribution in [2.75, 3.05) is 20.3 Å². The first-order valence-corrected chi connectivity index (χ1v) is 8.19. The number of nitrogens with zero attached hydrogens (tertiary/aromatic N) is 1. The largest absolute Gasteiger partial charge is 0.428 e. The highest BCUT2D eigenvalue weighted by molar-refractivity contribution is 7.78. The molecule has 1 aromatic rings. The van der Waals surface area contributed by atoms with Crippen molar-refractivity contribution in [1.82, 2.24) is 4.31 Å². The van der Waals surface area contributed by atoms with E-state index in [9.17, 15) is 9.00 Å². The van der Waals surface area contributed by atoms with E-state index in [-0.39, 0.29) is 12.7 Å². The molecule has 1 aliphatic heterocycles. The van der Waals surface area contributed by atoms with Crippen LogP contribution in [-0.2, 0) is 24.9 Å². The molecule has 0 N–H and O–H groups in total. The van der Waals surface area contributed by atoms with E-state index < -0.39 is 23.1 Å². The summed E-state index contributed by atoms with van der Waals surface area (Å²) in [6.45, 7) is 5.86. The molecule has 1 heterocycles. The molecule has 2 unspecified atom stereocenters. The number of aryl methyl sites for hydroxylation is 1. The Morgan fingerprint density at radius 1 is 1.48 bits per heavy atom. The van der Waals surface area contributed by atoms with E-state index in [1.54, 1.807) is 32.0 Å². The van der Waals surface area contributed by atoms with Gasteiger partial charge in [0.2, 0.25) is 0 Å². The van der Waals surface area contributed by atoms with E-state index in [1.165, 1.54) is 7.05 Å². The molecule has 8 heteroatoms. The van der Waals surface area contributed by atoms with Gasteiger partial charge in [0.15, 0.2) is 5.79 Å². The number of ether oxygens (including phenoxy) is 3. The van der Waals surface area contributed by atoms with Crippen molar-refractivity contribution in [2.45, 2.75) is 32.7 Å². The van der Waals surface area contributed by atoms with Crippen LogP contribution in [-0.4, -0.2) is 46.8 Å². The van der Waals surface area contributed by atoms with E-state index in [0.29, 0.717) is 12.4 Å². The van der Waals surface area contributed by atoms with Gasteiger partial charge in [-0.25, -0.2) is 13.3 Å². The molecule has 0 bridgehead atoms. The predicted molar refractivity (Wildman–Crippen MR) is 84.0 cm³/mol. The molecule has 23 heavy (non-hydrogen) atoms. The van der Waals surface area contributed by atoms with Gasteiger partial charge in [-0.2, -0.15) is 0 Å². The summed E-state index contributed by atoms with van der Waals surface area (Å²) in [5.41, 5.74) is 0.955. The summed E-state index contributed by atoms with van der Waals surface area (Å²) in [5, 5.41) is 0. The molecule has 0 spiro atoms. The van der Waals surface area contributed by atoms with Crippen molar-refractivity contribution in [1.29, 1.82) is 0 Å². The highest BCUT2D eigenvalue weighted by Gasteiger charge is 2.33. The number of benzene rings is 1. The summed E-state index contributed by atoms with van der Waals surface area (Å²) in [6.07, 6.45) is -1.09. The first-order valence-electron chi connectivity index (χ1n) is 7.16. The average Bonchev–Trinajstić information content (AvgIpc) is 2.83. The number of rotatable bonds is 5. The van der Waals surface area contributed by atoms with Crippen molar-refractivity contribution >= 4 is 17.4 Å². The second-order valence-electron chi connectivity index (χ2n) is 5.63. The lowest BCUT2D eigenvalue weighted by Crippen LogP contribution is -2.34. The Kier molecular flexibility index (Phi) is 5.74. The summed E-state index contributed by atoms with van der Waals surface area (Å²) in [4.78, 5) is 11.9. The zero-order valence-electron chi connectivity index (χ0n) is 13.6. The fourth-order valence-corrected chi connectivity index (χ4v) is 2.55. The number of carbonyl (C=O) groups is 1. The van der Waals surface area contributed by atoms with Gasteiger partial charge in [0.05, 0.1) is 13.2 Å². The second kappa shape index (κ2) is 7.39. The monoisotopic (exact) mass is 343 g/mol. The SMILES string of the molecule is Cc1cccc(OC(=O)N(C)S(=O)OCC2COC(C)(C)O2)c1. The van der Waals surface area contributed by atoms with Crippen LogP contribution < -0.4 is 4.74 Å². The maximum atomic E-state index is 12.0. The summed E-state index contributed by atoms with van der Waals surface area (Å²) in [5.74, 6) is -0.293. The molecular formula is C15H21NO6S. The minimum absolute atomic E-state index is 0.0537. The van der Waals surface area contributed by atoms with Crippen LogP contribution in [0.5, 0.6) is 5.75 Å². The third kappa shape index (κ3) is 5.28. The molecule has 2 atom stereocenters. The lowest BCUT2D eigenvalue weighted by Gasteiger charge is -2.18. The number of hydrogen-bond acceptors (Lipinski definition) is 6. The van der Waals surface area contributed by atoms with Crippen LogP contribution in [0.2, 0.25) is 0 Å². The maximum Gasteiger partial charge on any atom is 0.428 e. The van der Waals surface area contributed by atoms with Crippen LogP contribution in [0.25, 0.3) is 0 Å². The van der Waals surface area contributed by atoms with Gasteiger partial charge >= 0.3 is 6.09 Å². The Morgan fingerprint density at radius 3 is 2.83 bits per heavy atom. The summed E-state index contributed by atoms with van der Waals surface area (Å²) in [6, 6.07) is 7.01. The Labute approximate surface area is 138 Å². The summed E-state index contributed by atoms with van der Waals surface area (Å²) in [7, 11) is 1.34. The lowest BCUT2D eigenvalue weighted by atomic mass is 10.2. The molecule has 0 aliphatic carbocycles. The smallest absolute Gasteiger partial charge is 0.409 e. The number of carbonyl (C=O) groups excluding carboxylic acids is 1. The van der Waals surface area contributed by atoms with Crippen LogP contribution in [0.3, 0.4) is 0 Å². The third-order valence-corrected chi connectivity index (χ3v) is 4.03. The van der Waals surface area contributed by atoms with E-state index in [4.69, 9.17) is 18.4 Å². The fourth-order valence-electron chi connectivity index (χ4n) is 1.96. The molecule has 128 valence electrons. The Morgan fingerprint density at radius 2 is 2.22 bits per heavy atom. The van der Waals surface area contributed by atoms with Gasteiger partial charge in [-0.1, -0.05) is 12.1 Å². The van der Waals surface area contributed by atoms with Crippen molar-refractivity contribution in [3.8, 4) is 5.75 Å². The topological polar surface area (TPSA) is 74.3 Å². The minimum atomic E-state index is -1.97.